The highest BCUT2D eigenvalue weighted by atomic mass is 16.5. The minimum atomic E-state index is -1.01. The zero-order valence-electron chi connectivity index (χ0n) is 20.4. The average Bonchev–Trinajstić information content (AvgIpc) is 3.40. The van der Waals surface area contributed by atoms with Crippen molar-refractivity contribution < 1.29 is 38.9 Å². The molecule has 0 bridgehead atoms. The molecule has 0 saturated heterocycles. The van der Waals surface area contributed by atoms with E-state index in [-0.39, 0.29) is 36.0 Å². The van der Waals surface area contributed by atoms with Gasteiger partial charge >= 0.3 is 11.9 Å². The Balaban J connectivity index is 1.90. The molecule has 5 rings (SSSR count). The second-order valence-electron chi connectivity index (χ2n) is 8.29. The number of nitrogens with zero attached hydrogens (tertiary/aromatic N) is 2. The molecular formula is C28H22N2O8. The number of aromatic hydroxyl groups is 2. The molecule has 0 saturated carbocycles. The van der Waals surface area contributed by atoms with Gasteiger partial charge in [-0.3, -0.25) is 18.7 Å². The highest BCUT2D eigenvalue weighted by Gasteiger charge is 2.47. The number of para-hydroxylation sites is 2. The normalized spacial score (nSPS) is 12.2. The third-order valence-corrected chi connectivity index (χ3v) is 6.16. The number of fused-ring (bicyclic) bond motifs is 2. The third kappa shape index (κ3) is 3.49. The number of carbonyl (C=O) groups is 4. The molecule has 4 aromatic rings. The van der Waals surface area contributed by atoms with E-state index in [0.717, 1.165) is 9.13 Å². The van der Waals surface area contributed by atoms with Gasteiger partial charge in [0.15, 0.2) is 0 Å². The molecule has 2 aromatic heterocycles. The standard InChI is InChI=1S/C28H22N2O8/c1-3-37-27(35)19-17-21(29(25(19)33)15-11-7-5-8-12-15)24(32)18-20(28(36)38-4-2)26(34)30(22(18)23(17)31)16-13-9-6-10-14-16/h5-14,33-34H,3-4H2,1-2H3. The first-order valence-corrected chi connectivity index (χ1v) is 11.8. The Bertz CT molecular complexity index is 1490. The number of hydrogen-bond acceptors (Lipinski definition) is 8. The largest absolute Gasteiger partial charge is 0.494 e. The minimum absolute atomic E-state index is 0.0505. The number of rotatable bonds is 6. The van der Waals surface area contributed by atoms with Crippen LogP contribution in [-0.4, -0.2) is 56.1 Å². The first-order chi connectivity index (χ1) is 18.3. The van der Waals surface area contributed by atoms with E-state index >= 15 is 0 Å². The van der Waals surface area contributed by atoms with Gasteiger partial charge in [-0.2, -0.15) is 0 Å². The topological polar surface area (TPSA) is 137 Å². The van der Waals surface area contributed by atoms with Crippen LogP contribution in [0, 0.1) is 0 Å². The summed E-state index contributed by atoms with van der Waals surface area (Å²) in [6.45, 7) is 3.02. The van der Waals surface area contributed by atoms with E-state index in [9.17, 15) is 29.4 Å². The number of benzene rings is 2. The lowest BCUT2D eigenvalue weighted by atomic mass is 9.88. The molecule has 10 nitrogen and oxygen atoms in total. The van der Waals surface area contributed by atoms with Crippen molar-refractivity contribution in [3.8, 4) is 23.1 Å². The number of esters is 2. The van der Waals surface area contributed by atoms with Gasteiger partial charge in [-0.15, -0.1) is 0 Å². The number of ketones is 2. The van der Waals surface area contributed by atoms with Crippen molar-refractivity contribution in [3.05, 3.63) is 94.3 Å². The van der Waals surface area contributed by atoms with Crippen LogP contribution in [0.2, 0.25) is 0 Å². The molecule has 2 heterocycles. The van der Waals surface area contributed by atoms with E-state index in [4.69, 9.17) is 9.47 Å². The second kappa shape index (κ2) is 9.40. The summed E-state index contributed by atoms with van der Waals surface area (Å²) < 4.78 is 12.3. The Hall–Kier alpha value is -5.12. The Morgan fingerprint density at radius 2 is 1.00 bits per heavy atom. The smallest absolute Gasteiger partial charge is 0.344 e. The molecule has 192 valence electrons. The van der Waals surface area contributed by atoms with Crippen LogP contribution in [-0.2, 0) is 9.47 Å². The molecule has 0 aliphatic heterocycles. The van der Waals surface area contributed by atoms with Gasteiger partial charge in [0.25, 0.3) is 0 Å². The fourth-order valence-electron chi connectivity index (χ4n) is 4.68. The first-order valence-electron chi connectivity index (χ1n) is 11.8. The fourth-order valence-corrected chi connectivity index (χ4v) is 4.68. The van der Waals surface area contributed by atoms with E-state index in [0.29, 0.717) is 0 Å². The molecule has 0 fully saturated rings. The molecule has 10 heteroatoms. The van der Waals surface area contributed by atoms with Crippen LogP contribution in [0.5, 0.6) is 11.8 Å². The van der Waals surface area contributed by atoms with Crippen LogP contribution in [0.3, 0.4) is 0 Å². The van der Waals surface area contributed by atoms with E-state index < -0.39 is 57.5 Å². The lowest BCUT2D eigenvalue weighted by Gasteiger charge is -2.17. The highest BCUT2D eigenvalue weighted by Crippen LogP contribution is 2.44. The molecule has 0 atom stereocenters. The van der Waals surface area contributed by atoms with Crippen molar-refractivity contribution in [1.82, 2.24) is 9.13 Å². The summed E-state index contributed by atoms with van der Waals surface area (Å²) in [4.78, 5) is 54.3. The van der Waals surface area contributed by atoms with E-state index in [1.165, 1.54) is 0 Å². The van der Waals surface area contributed by atoms with Gasteiger partial charge in [0.05, 0.1) is 24.3 Å². The summed E-state index contributed by atoms with van der Waals surface area (Å²) in [5, 5.41) is 22.4. The van der Waals surface area contributed by atoms with E-state index in [1.54, 1.807) is 74.5 Å². The van der Waals surface area contributed by atoms with Crippen molar-refractivity contribution in [2.45, 2.75) is 13.8 Å². The van der Waals surface area contributed by atoms with Gasteiger partial charge in [-0.25, -0.2) is 9.59 Å². The first kappa shape index (κ1) is 24.6. The lowest BCUT2D eigenvalue weighted by Crippen LogP contribution is -2.26. The zero-order valence-corrected chi connectivity index (χ0v) is 20.4. The average molecular weight is 514 g/mol. The third-order valence-electron chi connectivity index (χ3n) is 6.16. The van der Waals surface area contributed by atoms with Crippen LogP contribution in [0.1, 0.15) is 66.7 Å². The quantitative estimate of drug-likeness (QED) is 0.327. The van der Waals surface area contributed by atoms with Crippen LogP contribution in [0.4, 0.5) is 0 Å². The molecule has 0 spiro atoms. The van der Waals surface area contributed by atoms with Gasteiger partial charge in [0, 0.05) is 11.4 Å². The maximum absolute atomic E-state index is 14.2. The van der Waals surface area contributed by atoms with Crippen LogP contribution < -0.4 is 0 Å². The Labute approximate surface area is 216 Å². The maximum atomic E-state index is 14.2. The molecule has 2 aromatic carbocycles. The Morgan fingerprint density at radius 1 is 0.658 bits per heavy atom. The number of ether oxygens (including phenoxy) is 2. The second-order valence-corrected chi connectivity index (χ2v) is 8.29. The van der Waals surface area contributed by atoms with Crippen LogP contribution >= 0.6 is 0 Å². The van der Waals surface area contributed by atoms with Crippen molar-refractivity contribution in [3.63, 3.8) is 0 Å². The molecule has 0 radical (unpaired) electrons. The highest BCUT2D eigenvalue weighted by molar-refractivity contribution is 6.33. The Morgan fingerprint density at radius 3 is 1.32 bits per heavy atom. The summed E-state index contributed by atoms with van der Waals surface area (Å²) in [5.41, 5.74) is -1.90. The maximum Gasteiger partial charge on any atom is 0.344 e. The molecule has 0 amide bonds. The van der Waals surface area contributed by atoms with Crippen molar-refractivity contribution >= 4 is 23.5 Å². The van der Waals surface area contributed by atoms with Gasteiger partial charge < -0.3 is 19.7 Å². The molecule has 1 aliphatic carbocycles. The van der Waals surface area contributed by atoms with Gasteiger partial charge in [0.1, 0.15) is 22.5 Å². The van der Waals surface area contributed by atoms with Gasteiger partial charge in [0.2, 0.25) is 23.3 Å². The van der Waals surface area contributed by atoms with E-state index in [2.05, 4.69) is 0 Å². The zero-order chi connectivity index (χ0) is 27.1. The number of aromatic nitrogens is 2. The Kier molecular flexibility index (Phi) is 6.08. The SMILES string of the molecule is CCOC(=O)c1c2c(n(-c3ccccc3)c1O)C(=O)c1c(C(=O)OCC)c(O)n(-c3ccccc3)c1C2=O. The molecule has 0 unspecified atom stereocenters. The lowest BCUT2D eigenvalue weighted by molar-refractivity contribution is 0.0510. The number of carbonyl (C=O) groups excluding carboxylic acids is 4. The summed E-state index contributed by atoms with van der Waals surface area (Å²) in [7, 11) is 0. The molecule has 1 aliphatic rings. The molecule has 2 N–H and O–H groups in total. The summed E-state index contributed by atoms with van der Waals surface area (Å²) in [6, 6.07) is 16.3. The summed E-state index contributed by atoms with van der Waals surface area (Å²) in [5.74, 6) is -5.07. The summed E-state index contributed by atoms with van der Waals surface area (Å²) in [6.07, 6.45) is 0. The van der Waals surface area contributed by atoms with Crippen LogP contribution in [0.25, 0.3) is 11.4 Å². The molecular weight excluding hydrogens is 492 g/mol. The minimum Gasteiger partial charge on any atom is -0.494 e. The van der Waals surface area contributed by atoms with Crippen molar-refractivity contribution in [1.29, 1.82) is 0 Å². The monoisotopic (exact) mass is 514 g/mol. The predicted molar refractivity (Wildman–Crippen MR) is 134 cm³/mol. The van der Waals surface area contributed by atoms with Crippen LogP contribution in [0.15, 0.2) is 60.7 Å². The summed E-state index contributed by atoms with van der Waals surface area (Å²) >= 11 is 0. The fraction of sp³-hybridized carbons (Fsp3) is 0.143. The van der Waals surface area contributed by atoms with Crippen molar-refractivity contribution in [2.24, 2.45) is 0 Å². The van der Waals surface area contributed by atoms with Gasteiger partial charge in [-0.1, -0.05) is 36.4 Å². The predicted octanol–water partition coefficient (Wildman–Crippen LogP) is 3.81. The number of hydrogen-bond donors (Lipinski definition) is 2. The molecule has 38 heavy (non-hydrogen) atoms. The van der Waals surface area contributed by atoms with E-state index in [1.807, 2.05) is 0 Å². The van der Waals surface area contributed by atoms with Gasteiger partial charge in [-0.05, 0) is 38.1 Å². The van der Waals surface area contributed by atoms with Crippen molar-refractivity contribution in [2.75, 3.05) is 13.2 Å².